The highest BCUT2D eigenvalue weighted by atomic mass is 35.5. The number of imidazole rings is 1. The van der Waals surface area contributed by atoms with Crippen molar-refractivity contribution in [1.82, 2.24) is 9.55 Å². The number of aryl methyl sites for hydroxylation is 1. The first kappa shape index (κ1) is 13.9. The van der Waals surface area contributed by atoms with Crippen molar-refractivity contribution in [2.24, 2.45) is 5.92 Å². The second-order valence-electron chi connectivity index (χ2n) is 6.19. The molecule has 1 fully saturated rings. The summed E-state index contributed by atoms with van der Waals surface area (Å²) in [6, 6.07) is 7.03. The molecular formula is C17H23ClN2. The minimum Gasteiger partial charge on any atom is -0.324 e. The van der Waals surface area contributed by atoms with Gasteiger partial charge in [-0.2, -0.15) is 0 Å². The monoisotopic (exact) mass is 290 g/mol. The van der Waals surface area contributed by atoms with Crippen LogP contribution in [0, 0.1) is 12.8 Å². The molecule has 0 amide bonds. The van der Waals surface area contributed by atoms with Gasteiger partial charge in [-0.25, -0.2) is 4.98 Å². The first-order chi connectivity index (χ1) is 9.60. The van der Waals surface area contributed by atoms with Crippen LogP contribution in [-0.2, 0) is 0 Å². The molecule has 1 aliphatic rings. The third-order valence-electron chi connectivity index (χ3n) is 4.37. The standard InChI is InChI=1S/C17H23ClN2/c1-4-14(10-13-6-7-13)20-16-9-11(2)5-8-15(16)19-17(20)12(3)18/h5,8-9,12-14H,4,6-7,10H2,1-3H3. The van der Waals surface area contributed by atoms with Gasteiger partial charge in [0, 0.05) is 6.04 Å². The van der Waals surface area contributed by atoms with Crippen molar-refractivity contribution < 1.29 is 0 Å². The van der Waals surface area contributed by atoms with Crippen LogP contribution in [0.15, 0.2) is 18.2 Å². The van der Waals surface area contributed by atoms with Crippen molar-refractivity contribution in [1.29, 1.82) is 0 Å². The maximum Gasteiger partial charge on any atom is 0.127 e. The number of rotatable bonds is 5. The van der Waals surface area contributed by atoms with Crippen LogP contribution in [-0.4, -0.2) is 9.55 Å². The molecule has 0 spiro atoms. The van der Waals surface area contributed by atoms with Crippen LogP contribution < -0.4 is 0 Å². The molecule has 2 atom stereocenters. The van der Waals surface area contributed by atoms with E-state index in [2.05, 4.69) is 36.6 Å². The van der Waals surface area contributed by atoms with Crippen molar-refractivity contribution in [2.75, 3.05) is 0 Å². The molecule has 1 aliphatic carbocycles. The van der Waals surface area contributed by atoms with Gasteiger partial charge in [0.25, 0.3) is 0 Å². The number of benzene rings is 1. The van der Waals surface area contributed by atoms with Crippen LogP contribution in [0.25, 0.3) is 11.0 Å². The fourth-order valence-corrected chi connectivity index (χ4v) is 3.23. The summed E-state index contributed by atoms with van der Waals surface area (Å²) in [5.41, 5.74) is 3.61. The molecule has 0 radical (unpaired) electrons. The van der Waals surface area contributed by atoms with Crippen LogP contribution in [0.2, 0.25) is 0 Å². The molecule has 0 bridgehead atoms. The predicted molar refractivity (Wildman–Crippen MR) is 85.4 cm³/mol. The molecule has 108 valence electrons. The van der Waals surface area contributed by atoms with Gasteiger partial charge >= 0.3 is 0 Å². The fraction of sp³-hybridized carbons (Fsp3) is 0.588. The van der Waals surface area contributed by atoms with Gasteiger partial charge in [0.2, 0.25) is 0 Å². The topological polar surface area (TPSA) is 17.8 Å². The van der Waals surface area contributed by atoms with Gasteiger partial charge in [-0.3, -0.25) is 0 Å². The van der Waals surface area contributed by atoms with E-state index >= 15 is 0 Å². The number of aromatic nitrogens is 2. The third kappa shape index (κ3) is 2.58. The Balaban J connectivity index is 2.12. The quantitative estimate of drug-likeness (QED) is 0.675. The smallest absolute Gasteiger partial charge is 0.127 e. The molecular weight excluding hydrogens is 268 g/mol. The summed E-state index contributed by atoms with van der Waals surface area (Å²) < 4.78 is 2.42. The molecule has 3 heteroatoms. The third-order valence-corrected chi connectivity index (χ3v) is 4.56. The molecule has 1 saturated carbocycles. The molecule has 20 heavy (non-hydrogen) atoms. The Morgan fingerprint density at radius 3 is 2.75 bits per heavy atom. The molecule has 0 N–H and O–H groups in total. The predicted octanol–water partition coefficient (Wildman–Crippen LogP) is 5.40. The molecule has 2 nitrogen and oxygen atoms in total. The minimum absolute atomic E-state index is 0.0454. The van der Waals surface area contributed by atoms with Crippen molar-refractivity contribution in [3.8, 4) is 0 Å². The molecule has 2 aromatic rings. The SMILES string of the molecule is CCC(CC1CC1)n1c(C(C)Cl)nc2ccc(C)cc21. The normalized spacial score (nSPS) is 18.4. The van der Waals surface area contributed by atoms with E-state index in [1.807, 2.05) is 6.92 Å². The van der Waals surface area contributed by atoms with Gasteiger partial charge in [0.05, 0.1) is 16.4 Å². The maximum atomic E-state index is 6.39. The van der Waals surface area contributed by atoms with Crippen LogP contribution in [0.5, 0.6) is 0 Å². The number of alkyl halides is 1. The van der Waals surface area contributed by atoms with Crippen molar-refractivity contribution >= 4 is 22.6 Å². The van der Waals surface area contributed by atoms with E-state index < -0.39 is 0 Å². The number of nitrogens with zero attached hydrogens (tertiary/aromatic N) is 2. The van der Waals surface area contributed by atoms with Gasteiger partial charge in [-0.1, -0.05) is 25.8 Å². The van der Waals surface area contributed by atoms with Gasteiger partial charge in [-0.05, 0) is 50.3 Å². The van der Waals surface area contributed by atoms with E-state index in [9.17, 15) is 0 Å². The summed E-state index contributed by atoms with van der Waals surface area (Å²) in [4.78, 5) is 4.78. The Morgan fingerprint density at radius 1 is 1.40 bits per heavy atom. The Kier molecular flexibility index (Phi) is 3.76. The van der Waals surface area contributed by atoms with Gasteiger partial charge < -0.3 is 4.57 Å². The fourth-order valence-electron chi connectivity index (χ4n) is 3.08. The Labute approximate surface area is 126 Å². The summed E-state index contributed by atoms with van der Waals surface area (Å²) in [7, 11) is 0. The van der Waals surface area contributed by atoms with Crippen LogP contribution >= 0.6 is 11.6 Å². The molecule has 2 unspecified atom stereocenters. The molecule has 1 heterocycles. The number of halogens is 1. The highest BCUT2D eigenvalue weighted by Crippen LogP contribution is 2.40. The van der Waals surface area contributed by atoms with Crippen molar-refractivity contribution in [2.45, 2.75) is 57.9 Å². The zero-order valence-corrected chi connectivity index (χ0v) is 13.3. The summed E-state index contributed by atoms with van der Waals surface area (Å²) >= 11 is 6.39. The first-order valence-electron chi connectivity index (χ1n) is 7.72. The lowest BCUT2D eigenvalue weighted by Gasteiger charge is -2.21. The summed E-state index contributed by atoms with van der Waals surface area (Å²) in [6.07, 6.45) is 5.21. The van der Waals surface area contributed by atoms with Crippen LogP contribution in [0.3, 0.4) is 0 Å². The lowest BCUT2D eigenvalue weighted by Crippen LogP contribution is -2.13. The van der Waals surface area contributed by atoms with Crippen molar-refractivity contribution in [3.05, 3.63) is 29.6 Å². The van der Waals surface area contributed by atoms with Crippen LogP contribution in [0.4, 0.5) is 0 Å². The van der Waals surface area contributed by atoms with E-state index in [0.29, 0.717) is 6.04 Å². The van der Waals surface area contributed by atoms with E-state index in [4.69, 9.17) is 16.6 Å². The lowest BCUT2D eigenvalue weighted by molar-refractivity contribution is 0.425. The molecule has 1 aromatic heterocycles. The lowest BCUT2D eigenvalue weighted by atomic mass is 10.1. The maximum absolute atomic E-state index is 6.39. The Morgan fingerprint density at radius 2 is 2.15 bits per heavy atom. The van der Waals surface area contributed by atoms with E-state index in [1.165, 1.54) is 30.3 Å². The van der Waals surface area contributed by atoms with Gasteiger partial charge in [0.15, 0.2) is 0 Å². The highest BCUT2D eigenvalue weighted by Gasteiger charge is 2.28. The Bertz CT molecular complexity index is 611. The second kappa shape index (κ2) is 5.40. The summed E-state index contributed by atoms with van der Waals surface area (Å²) in [5, 5.41) is -0.0454. The molecule has 3 rings (SSSR count). The zero-order chi connectivity index (χ0) is 14.3. The van der Waals surface area contributed by atoms with Crippen LogP contribution in [0.1, 0.15) is 62.3 Å². The highest BCUT2D eigenvalue weighted by molar-refractivity contribution is 6.20. The van der Waals surface area contributed by atoms with Crippen molar-refractivity contribution in [3.63, 3.8) is 0 Å². The number of hydrogen-bond acceptors (Lipinski definition) is 1. The summed E-state index contributed by atoms with van der Waals surface area (Å²) in [5.74, 6) is 1.94. The van der Waals surface area contributed by atoms with Gasteiger partial charge in [0.1, 0.15) is 5.82 Å². The molecule has 0 saturated heterocycles. The molecule has 1 aromatic carbocycles. The first-order valence-corrected chi connectivity index (χ1v) is 8.16. The van der Waals surface area contributed by atoms with E-state index in [1.54, 1.807) is 0 Å². The van der Waals surface area contributed by atoms with E-state index in [-0.39, 0.29) is 5.38 Å². The number of fused-ring (bicyclic) bond motifs is 1. The van der Waals surface area contributed by atoms with Gasteiger partial charge in [-0.15, -0.1) is 11.6 Å². The zero-order valence-electron chi connectivity index (χ0n) is 12.6. The Hall–Kier alpha value is -1.02. The average molecular weight is 291 g/mol. The second-order valence-corrected chi connectivity index (χ2v) is 6.84. The number of hydrogen-bond donors (Lipinski definition) is 0. The largest absolute Gasteiger partial charge is 0.324 e. The van der Waals surface area contributed by atoms with E-state index in [0.717, 1.165) is 23.7 Å². The average Bonchev–Trinajstić information content (AvgIpc) is 3.15. The molecule has 0 aliphatic heterocycles. The minimum atomic E-state index is -0.0454. The summed E-state index contributed by atoms with van der Waals surface area (Å²) in [6.45, 7) is 6.44.